The summed E-state index contributed by atoms with van der Waals surface area (Å²) >= 11 is 5.78. The summed E-state index contributed by atoms with van der Waals surface area (Å²) in [6.45, 7) is 0.513. The van der Waals surface area contributed by atoms with Gasteiger partial charge in [0.15, 0.2) is 0 Å². The molecule has 0 bridgehead atoms. The topological polar surface area (TPSA) is 90.7 Å². The largest absolute Gasteiger partial charge is 0.393 e. The van der Waals surface area contributed by atoms with Gasteiger partial charge >= 0.3 is 6.03 Å². The lowest BCUT2D eigenvalue weighted by molar-refractivity contribution is 0.0578. The van der Waals surface area contributed by atoms with Gasteiger partial charge in [0.25, 0.3) is 5.91 Å². The lowest BCUT2D eigenvalue weighted by Crippen LogP contribution is -2.40. The van der Waals surface area contributed by atoms with E-state index in [1.807, 2.05) is 0 Å². The fourth-order valence-corrected chi connectivity index (χ4v) is 4.41. The molecule has 0 aliphatic carbocycles. The summed E-state index contributed by atoms with van der Waals surface area (Å²) in [5.41, 5.74) is 2.15. The first-order valence-corrected chi connectivity index (χ1v) is 10.7. The maximum absolute atomic E-state index is 13.4. The third kappa shape index (κ3) is 4.29. The molecular formula is C21H24ClF2N5O3. The van der Waals surface area contributed by atoms with Crippen LogP contribution in [0.15, 0.2) is 18.2 Å². The predicted octanol–water partition coefficient (Wildman–Crippen LogP) is 2.69. The van der Waals surface area contributed by atoms with Gasteiger partial charge in [0, 0.05) is 56.7 Å². The van der Waals surface area contributed by atoms with Crippen LogP contribution >= 0.6 is 11.6 Å². The Balaban J connectivity index is 1.56. The summed E-state index contributed by atoms with van der Waals surface area (Å²) < 4.78 is 27.7. The highest BCUT2D eigenvalue weighted by atomic mass is 35.5. The summed E-state index contributed by atoms with van der Waals surface area (Å²) in [7, 11) is 1.64. The molecule has 2 aliphatic heterocycles. The molecule has 3 amide bonds. The smallest absolute Gasteiger partial charge is 0.322 e. The summed E-state index contributed by atoms with van der Waals surface area (Å²) in [5.74, 6) is -1.17. The summed E-state index contributed by atoms with van der Waals surface area (Å²) in [6.07, 6.45) is -0.418. The van der Waals surface area contributed by atoms with Gasteiger partial charge in [-0.05, 0) is 18.2 Å². The number of aromatic nitrogens is 2. The molecule has 2 aliphatic rings. The zero-order valence-corrected chi connectivity index (χ0v) is 18.3. The van der Waals surface area contributed by atoms with E-state index in [4.69, 9.17) is 11.6 Å². The normalized spacial score (nSPS) is 19.3. The third-order valence-electron chi connectivity index (χ3n) is 5.97. The fourth-order valence-electron chi connectivity index (χ4n) is 4.23. The number of alkyl halides is 1. The van der Waals surface area contributed by atoms with Gasteiger partial charge in [-0.25, -0.2) is 9.18 Å². The number of fused-ring (bicyclic) bond motifs is 3. The maximum Gasteiger partial charge on any atom is 0.322 e. The molecule has 0 radical (unpaired) electrons. The van der Waals surface area contributed by atoms with Gasteiger partial charge in [0.05, 0.1) is 30.0 Å². The van der Waals surface area contributed by atoms with Crippen LogP contribution in [-0.4, -0.2) is 69.5 Å². The molecule has 2 N–H and O–H groups in total. The average molecular weight is 468 g/mol. The van der Waals surface area contributed by atoms with Crippen molar-refractivity contribution in [2.45, 2.75) is 32.0 Å². The van der Waals surface area contributed by atoms with E-state index < -0.39 is 24.6 Å². The Morgan fingerprint density at radius 1 is 1.41 bits per heavy atom. The van der Waals surface area contributed by atoms with Crippen LogP contribution in [-0.2, 0) is 19.5 Å². The van der Waals surface area contributed by atoms with Crippen molar-refractivity contribution < 1.29 is 23.5 Å². The van der Waals surface area contributed by atoms with E-state index in [9.17, 15) is 23.5 Å². The van der Waals surface area contributed by atoms with E-state index in [-0.39, 0.29) is 36.4 Å². The number of hydrogen-bond acceptors (Lipinski definition) is 4. The number of carbonyl (C=O) groups excluding carboxylic acids is 2. The molecule has 2 atom stereocenters. The number of amides is 3. The standard InChI is InChI=1S/C21H24ClF2N5O3/c1-27-9-12(18(30)4-6-23)10-29-19(20(27)31)14-11-28(7-5-17(14)26-29)21(32)25-13-2-3-16(24)15(22)8-13/h2-3,8,12,18,30H,4-7,9-11H2,1H3,(H,25,32). The van der Waals surface area contributed by atoms with Crippen molar-refractivity contribution in [2.24, 2.45) is 5.92 Å². The zero-order chi connectivity index (χ0) is 23.0. The molecule has 1 aromatic carbocycles. The van der Waals surface area contributed by atoms with Crippen molar-refractivity contribution in [1.82, 2.24) is 19.6 Å². The predicted molar refractivity (Wildman–Crippen MR) is 114 cm³/mol. The van der Waals surface area contributed by atoms with Crippen LogP contribution in [0.3, 0.4) is 0 Å². The summed E-state index contributed by atoms with van der Waals surface area (Å²) in [5, 5.41) is 17.5. The second-order valence-electron chi connectivity index (χ2n) is 8.18. The number of nitrogens with zero attached hydrogens (tertiary/aromatic N) is 4. The highest BCUT2D eigenvalue weighted by Gasteiger charge is 2.36. The number of benzene rings is 1. The molecule has 3 heterocycles. The number of urea groups is 1. The molecule has 8 nitrogen and oxygen atoms in total. The summed E-state index contributed by atoms with van der Waals surface area (Å²) in [6, 6.07) is 3.52. The van der Waals surface area contributed by atoms with Crippen molar-refractivity contribution in [3.8, 4) is 0 Å². The number of aliphatic hydroxyl groups excluding tert-OH is 1. The van der Waals surface area contributed by atoms with Crippen LogP contribution in [0.5, 0.6) is 0 Å². The second kappa shape index (κ2) is 9.03. The van der Waals surface area contributed by atoms with E-state index in [1.165, 1.54) is 23.1 Å². The molecule has 2 aromatic rings. The molecule has 4 rings (SSSR count). The highest BCUT2D eigenvalue weighted by Crippen LogP contribution is 2.28. The number of aliphatic hydroxyl groups is 1. The van der Waals surface area contributed by atoms with Gasteiger partial charge in [-0.15, -0.1) is 0 Å². The van der Waals surface area contributed by atoms with Gasteiger partial charge in [0.1, 0.15) is 11.5 Å². The lowest BCUT2D eigenvalue weighted by Gasteiger charge is -2.27. The molecule has 0 fully saturated rings. The molecule has 0 saturated carbocycles. The lowest BCUT2D eigenvalue weighted by atomic mass is 10.00. The number of rotatable bonds is 4. The van der Waals surface area contributed by atoms with Gasteiger partial charge < -0.3 is 20.2 Å². The Bertz CT molecular complexity index is 1050. The van der Waals surface area contributed by atoms with E-state index in [0.29, 0.717) is 36.5 Å². The van der Waals surface area contributed by atoms with Crippen LogP contribution in [0.1, 0.15) is 28.2 Å². The van der Waals surface area contributed by atoms with Gasteiger partial charge in [-0.1, -0.05) is 11.6 Å². The molecule has 1 aromatic heterocycles. The zero-order valence-electron chi connectivity index (χ0n) is 17.5. The first-order valence-electron chi connectivity index (χ1n) is 10.4. The number of anilines is 1. The Labute approximate surface area is 188 Å². The monoisotopic (exact) mass is 467 g/mol. The van der Waals surface area contributed by atoms with Gasteiger partial charge in [0.2, 0.25) is 0 Å². The first kappa shape index (κ1) is 22.5. The molecule has 11 heteroatoms. The molecule has 0 spiro atoms. The highest BCUT2D eigenvalue weighted by molar-refractivity contribution is 6.31. The van der Waals surface area contributed by atoms with Crippen LogP contribution in [0, 0.1) is 11.7 Å². The Kier molecular flexibility index (Phi) is 6.34. The van der Waals surface area contributed by atoms with Crippen molar-refractivity contribution in [3.05, 3.63) is 46.0 Å². The molecule has 2 unspecified atom stereocenters. The van der Waals surface area contributed by atoms with E-state index in [1.54, 1.807) is 16.6 Å². The quantitative estimate of drug-likeness (QED) is 0.723. The second-order valence-corrected chi connectivity index (χ2v) is 8.58. The number of carbonyl (C=O) groups is 2. The summed E-state index contributed by atoms with van der Waals surface area (Å²) in [4.78, 5) is 28.9. The van der Waals surface area contributed by atoms with E-state index >= 15 is 0 Å². The van der Waals surface area contributed by atoms with Gasteiger partial charge in [-0.2, -0.15) is 5.10 Å². The van der Waals surface area contributed by atoms with Crippen molar-refractivity contribution in [1.29, 1.82) is 0 Å². The van der Waals surface area contributed by atoms with Gasteiger partial charge in [-0.3, -0.25) is 13.9 Å². The molecule has 172 valence electrons. The number of hydrogen-bond donors (Lipinski definition) is 2. The maximum atomic E-state index is 13.4. The Hall–Kier alpha value is -2.72. The Morgan fingerprint density at radius 3 is 2.91 bits per heavy atom. The minimum atomic E-state index is -0.882. The fraction of sp³-hybridized carbons (Fsp3) is 0.476. The number of halogens is 3. The first-order chi connectivity index (χ1) is 15.3. The third-order valence-corrected chi connectivity index (χ3v) is 6.26. The van der Waals surface area contributed by atoms with Crippen LogP contribution < -0.4 is 5.32 Å². The minimum absolute atomic E-state index is 0.00433. The van der Waals surface area contributed by atoms with Crippen LogP contribution in [0.2, 0.25) is 5.02 Å². The Morgan fingerprint density at radius 2 is 2.19 bits per heavy atom. The van der Waals surface area contributed by atoms with E-state index in [2.05, 4.69) is 10.4 Å². The molecule has 32 heavy (non-hydrogen) atoms. The van der Waals surface area contributed by atoms with Crippen molar-refractivity contribution in [3.63, 3.8) is 0 Å². The van der Waals surface area contributed by atoms with E-state index in [0.717, 1.165) is 5.69 Å². The van der Waals surface area contributed by atoms with Crippen LogP contribution in [0.4, 0.5) is 19.3 Å². The molecular weight excluding hydrogens is 444 g/mol. The molecule has 0 saturated heterocycles. The number of nitrogens with one attached hydrogen (secondary N) is 1. The van der Waals surface area contributed by atoms with Crippen molar-refractivity contribution >= 4 is 29.2 Å². The van der Waals surface area contributed by atoms with Crippen LogP contribution in [0.25, 0.3) is 0 Å². The average Bonchev–Trinajstić information content (AvgIpc) is 3.06. The minimum Gasteiger partial charge on any atom is -0.393 e. The SMILES string of the molecule is CN1CC(C(O)CCF)Cn2nc3c(c2C1=O)CN(C(=O)Nc1ccc(F)c(Cl)c1)CC3. The van der Waals surface area contributed by atoms with Crippen molar-refractivity contribution in [2.75, 3.05) is 32.1 Å².